The van der Waals surface area contributed by atoms with Crippen LogP contribution in [0.25, 0.3) is 33.0 Å². The number of carbonyl (C=O) groups is 2. The van der Waals surface area contributed by atoms with Crippen molar-refractivity contribution in [2.45, 2.75) is 0 Å². The number of H-pyrrole nitrogens is 1. The second-order valence-corrected chi connectivity index (χ2v) is 6.74. The van der Waals surface area contributed by atoms with Crippen molar-refractivity contribution >= 4 is 44.8 Å². The summed E-state index contributed by atoms with van der Waals surface area (Å²) in [4.78, 5) is 35.9. The summed E-state index contributed by atoms with van der Waals surface area (Å²) in [7, 11) is 3.08. The second-order valence-electron chi connectivity index (χ2n) is 6.74. The van der Waals surface area contributed by atoms with Crippen molar-refractivity contribution in [1.29, 1.82) is 0 Å². The van der Waals surface area contributed by atoms with Crippen LogP contribution >= 0.6 is 0 Å². The Morgan fingerprint density at radius 2 is 1.50 bits per heavy atom. The van der Waals surface area contributed by atoms with Crippen LogP contribution in [0.15, 0.2) is 60.9 Å². The summed E-state index contributed by atoms with van der Waals surface area (Å²) < 4.78 is 1.61. The van der Waals surface area contributed by atoms with Gasteiger partial charge in [-0.3, -0.25) is 14.5 Å². The Morgan fingerprint density at radius 1 is 0.857 bits per heavy atom. The molecule has 2 aromatic heterocycles. The van der Waals surface area contributed by atoms with Gasteiger partial charge in [-0.05, 0) is 12.1 Å². The predicted octanol–water partition coefficient (Wildman–Crippen LogP) is 3.09. The zero-order chi connectivity index (χ0) is 19.4. The molecule has 2 amide bonds. The smallest absolute Gasteiger partial charge is 0.261 e. The van der Waals surface area contributed by atoms with E-state index in [1.54, 1.807) is 24.2 Å². The molecule has 138 valence electrons. The number of hydrogen-bond donors (Lipinski definition) is 1. The highest BCUT2D eigenvalue weighted by atomic mass is 16.6. The molecule has 1 aliphatic rings. The number of nitrogens with zero attached hydrogens (tertiary/aromatic N) is 2. The van der Waals surface area contributed by atoms with Crippen LogP contribution in [0.5, 0.6) is 0 Å². The van der Waals surface area contributed by atoms with E-state index in [2.05, 4.69) is 4.98 Å². The van der Waals surface area contributed by atoms with Crippen molar-refractivity contribution in [1.82, 2.24) is 14.6 Å². The maximum absolute atomic E-state index is 13.1. The van der Waals surface area contributed by atoms with Gasteiger partial charge >= 0.3 is 0 Å². The molecule has 0 saturated heterocycles. The Hall–Kier alpha value is -3.80. The summed E-state index contributed by atoms with van der Waals surface area (Å²) >= 11 is 0. The fourth-order valence-electron chi connectivity index (χ4n) is 3.92. The van der Waals surface area contributed by atoms with Crippen molar-refractivity contribution in [3.05, 3.63) is 72.1 Å². The van der Waals surface area contributed by atoms with Gasteiger partial charge in [0.15, 0.2) is 0 Å². The van der Waals surface area contributed by atoms with Gasteiger partial charge in [-0.15, -0.1) is 0 Å². The highest BCUT2D eigenvalue weighted by molar-refractivity contribution is 6.50. The third-order valence-corrected chi connectivity index (χ3v) is 5.29. The Bertz CT molecular complexity index is 1310. The van der Waals surface area contributed by atoms with E-state index in [4.69, 9.17) is 4.84 Å². The molecule has 2 aromatic carbocycles. The van der Waals surface area contributed by atoms with Gasteiger partial charge in [0.05, 0.1) is 22.9 Å². The molecule has 0 fully saturated rings. The number of benzene rings is 2. The summed E-state index contributed by atoms with van der Waals surface area (Å²) in [5, 5.41) is 1.76. The maximum Gasteiger partial charge on any atom is 0.261 e. The molecule has 0 unspecified atom stereocenters. The Balaban J connectivity index is 1.87. The van der Waals surface area contributed by atoms with E-state index in [0.29, 0.717) is 16.7 Å². The van der Waals surface area contributed by atoms with E-state index in [0.717, 1.165) is 27.4 Å². The molecular formula is C22H17N3O3. The van der Waals surface area contributed by atoms with Gasteiger partial charge in [-0.1, -0.05) is 36.4 Å². The van der Waals surface area contributed by atoms with Crippen molar-refractivity contribution in [2.24, 2.45) is 0 Å². The third-order valence-electron chi connectivity index (χ3n) is 5.29. The van der Waals surface area contributed by atoms with E-state index in [-0.39, 0.29) is 11.8 Å². The number of aromatic amines is 1. The average molecular weight is 371 g/mol. The number of fused-ring (bicyclic) bond motifs is 2. The van der Waals surface area contributed by atoms with Crippen LogP contribution in [0.2, 0.25) is 0 Å². The SMILES string of the molecule is COn1cc(C2=C(c3c[nH]c4ccccc34)C(=O)N(C)C2=O)c2ccccc21. The summed E-state index contributed by atoms with van der Waals surface area (Å²) in [6.45, 7) is 0. The lowest BCUT2D eigenvalue weighted by atomic mass is 9.95. The molecule has 0 aliphatic carbocycles. The van der Waals surface area contributed by atoms with Crippen molar-refractivity contribution in [2.75, 3.05) is 14.2 Å². The lowest BCUT2D eigenvalue weighted by molar-refractivity contribution is -0.134. The zero-order valence-corrected chi connectivity index (χ0v) is 15.4. The van der Waals surface area contributed by atoms with Gasteiger partial charge in [0, 0.05) is 40.7 Å². The van der Waals surface area contributed by atoms with Crippen molar-refractivity contribution in [3.63, 3.8) is 0 Å². The quantitative estimate of drug-likeness (QED) is 0.563. The summed E-state index contributed by atoms with van der Waals surface area (Å²) in [5.74, 6) is -0.622. The van der Waals surface area contributed by atoms with Crippen LogP contribution in [0.1, 0.15) is 11.1 Å². The third kappa shape index (κ3) is 2.08. The van der Waals surface area contributed by atoms with E-state index in [9.17, 15) is 9.59 Å². The summed E-state index contributed by atoms with van der Waals surface area (Å²) in [6.07, 6.45) is 3.55. The number of para-hydroxylation sites is 2. The number of rotatable bonds is 3. The monoisotopic (exact) mass is 371 g/mol. The van der Waals surface area contributed by atoms with Crippen LogP contribution in [0.4, 0.5) is 0 Å². The van der Waals surface area contributed by atoms with Gasteiger partial charge in [0.2, 0.25) is 0 Å². The molecule has 0 atom stereocenters. The highest BCUT2D eigenvalue weighted by Gasteiger charge is 2.39. The molecule has 1 N–H and O–H groups in total. The standard InChI is InChI=1S/C22H17N3O3/c1-24-21(26)19(15-11-23-17-9-5-3-7-13(15)17)20(22(24)27)16-12-25(28-2)18-10-6-4-8-14(16)18/h3-12,23H,1-2H3. The van der Waals surface area contributed by atoms with Gasteiger partial charge in [0.25, 0.3) is 11.8 Å². The van der Waals surface area contributed by atoms with Crippen LogP contribution in [0.3, 0.4) is 0 Å². The molecule has 0 radical (unpaired) electrons. The van der Waals surface area contributed by atoms with Gasteiger partial charge in [0.1, 0.15) is 7.11 Å². The Morgan fingerprint density at radius 3 is 2.25 bits per heavy atom. The number of nitrogens with one attached hydrogen (secondary N) is 1. The number of amides is 2. The topological polar surface area (TPSA) is 67.3 Å². The first-order valence-corrected chi connectivity index (χ1v) is 8.90. The van der Waals surface area contributed by atoms with Crippen LogP contribution in [-0.2, 0) is 9.59 Å². The lowest BCUT2D eigenvalue weighted by Gasteiger charge is -2.06. The first-order chi connectivity index (χ1) is 13.6. The molecule has 3 heterocycles. The molecular weight excluding hydrogens is 354 g/mol. The first-order valence-electron chi connectivity index (χ1n) is 8.90. The predicted molar refractivity (Wildman–Crippen MR) is 107 cm³/mol. The molecule has 6 heteroatoms. The minimum atomic E-state index is -0.315. The molecule has 28 heavy (non-hydrogen) atoms. The van der Waals surface area contributed by atoms with Gasteiger partial charge in [-0.2, -0.15) is 4.73 Å². The largest absolute Gasteiger partial charge is 0.417 e. The molecule has 5 rings (SSSR count). The van der Waals surface area contributed by atoms with E-state index < -0.39 is 0 Å². The summed E-state index contributed by atoms with van der Waals surface area (Å²) in [5.41, 5.74) is 3.95. The normalized spacial score (nSPS) is 14.7. The number of imide groups is 1. The van der Waals surface area contributed by atoms with Crippen molar-refractivity contribution in [3.8, 4) is 0 Å². The molecule has 0 saturated carbocycles. The fourth-order valence-corrected chi connectivity index (χ4v) is 3.92. The summed E-state index contributed by atoms with van der Waals surface area (Å²) in [6, 6.07) is 15.4. The molecule has 0 bridgehead atoms. The lowest BCUT2D eigenvalue weighted by Crippen LogP contribution is -2.26. The van der Waals surface area contributed by atoms with Crippen LogP contribution < -0.4 is 4.84 Å². The number of aromatic nitrogens is 2. The minimum absolute atomic E-state index is 0.306. The minimum Gasteiger partial charge on any atom is -0.417 e. The zero-order valence-electron chi connectivity index (χ0n) is 15.4. The fraction of sp³-hybridized carbons (Fsp3) is 0.0909. The Labute approximate surface area is 160 Å². The number of carbonyl (C=O) groups excluding carboxylic acids is 2. The second kappa shape index (κ2) is 5.85. The number of hydrogen-bond acceptors (Lipinski definition) is 3. The van der Waals surface area contributed by atoms with E-state index in [1.807, 2.05) is 48.5 Å². The first kappa shape index (κ1) is 16.4. The molecule has 0 spiro atoms. The average Bonchev–Trinajstić information content (AvgIpc) is 3.37. The molecule has 4 aromatic rings. The highest BCUT2D eigenvalue weighted by Crippen LogP contribution is 2.40. The molecule has 6 nitrogen and oxygen atoms in total. The Kier molecular flexibility index (Phi) is 3.42. The van der Waals surface area contributed by atoms with E-state index in [1.165, 1.54) is 11.9 Å². The van der Waals surface area contributed by atoms with Crippen LogP contribution in [-0.4, -0.2) is 40.6 Å². The maximum atomic E-state index is 13.1. The van der Waals surface area contributed by atoms with Crippen LogP contribution in [0, 0.1) is 0 Å². The van der Waals surface area contributed by atoms with Crippen molar-refractivity contribution < 1.29 is 14.4 Å². The number of likely N-dealkylation sites (N-methyl/N-ethyl adjacent to an activating group) is 1. The molecule has 1 aliphatic heterocycles. The van der Waals surface area contributed by atoms with Gasteiger partial charge < -0.3 is 9.82 Å². The van der Waals surface area contributed by atoms with Gasteiger partial charge in [-0.25, -0.2) is 0 Å². The van der Waals surface area contributed by atoms with E-state index >= 15 is 0 Å².